The van der Waals surface area contributed by atoms with Crippen LogP contribution in [0.5, 0.6) is 0 Å². The summed E-state index contributed by atoms with van der Waals surface area (Å²) in [6.07, 6.45) is 0.102. The third kappa shape index (κ3) is 4.47. The predicted octanol–water partition coefficient (Wildman–Crippen LogP) is 3.67. The average molecular weight is 440 g/mol. The van der Waals surface area contributed by atoms with Gasteiger partial charge in [0, 0.05) is 22.0 Å². The summed E-state index contributed by atoms with van der Waals surface area (Å²) in [7, 11) is -4.08. The summed E-state index contributed by atoms with van der Waals surface area (Å²) in [5.74, 6) is 4.97. The fourth-order valence-electron chi connectivity index (χ4n) is 2.40. The molecule has 0 spiro atoms. The summed E-state index contributed by atoms with van der Waals surface area (Å²) in [6, 6.07) is 11.1. The summed E-state index contributed by atoms with van der Waals surface area (Å²) >= 11 is 12.3. The Bertz CT molecular complexity index is 1090. The number of nitrogens with one attached hydrogen (secondary N) is 1. The van der Waals surface area contributed by atoms with E-state index in [0.29, 0.717) is 27.4 Å². The maximum Gasteiger partial charge on any atom is 0.287 e. The highest BCUT2D eigenvalue weighted by Crippen LogP contribution is 2.32. The van der Waals surface area contributed by atoms with Gasteiger partial charge in [0.1, 0.15) is 0 Å². The number of carbonyl (C=O) groups excluding carboxylic acids is 2. The number of rotatable bonds is 3. The van der Waals surface area contributed by atoms with Crippen LogP contribution < -0.4 is 5.32 Å². The first-order valence-electron chi connectivity index (χ1n) is 7.55. The molecule has 1 heterocycles. The van der Waals surface area contributed by atoms with Gasteiger partial charge >= 0.3 is 0 Å². The lowest BCUT2D eigenvalue weighted by molar-refractivity contribution is -0.117. The molecule has 1 unspecified atom stereocenters. The van der Waals surface area contributed by atoms with Crippen molar-refractivity contribution in [1.29, 1.82) is 0 Å². The van der Waals surface area contributed by atoms with Crippen LogP contribution in [0.4, 0.5) is 4.79 Å². The van der Waals surface area contributed by atoms with Crippen molar-refractivity contribution in [2.45, 2.75) is 15.9 Å². The van der Waals surface area contributed by atoms with E-state index in [-0.39, 0.29) is 11.3 Å². The number of thioether (sulfide) groups is 1. The van der Waals surface area contributed by atoms with E-state index in [2.05, 4.69) is 11.8 Å². The van der Waals surface area contributed by atoms with Gasteiger partial charge in [-0.2, -0.15) is 0 Å². The van der Waals surface area contributed by atoms with E-state index < -0.39 is 25.6 Å². The SMILES string of the molecule is O=C1NC(=O)C(S(=O)(=O)c2ccc(Cl)cc2CC#Cc2ccc(Cl)cc2)S1. The number of hydrogen-bond acceptors (Lipinski definition) is 5. The van der Waals surface area contributed by atoms with Crippen LogP contribution in [0.15, 0.2) is 47.4 Å². The topological polar surface area (TPSA) is 80.3 Å². The van der Waals surface area contributed by atoms with Crippen LogP contribution in [-0.4, -0.2) is 24.1 Å². The molecule has 9 heteroatoms. The number of sulfone groups is 1. The average Bonchev–Trinajstić information content (AvgIpc) is 2.96. The summed E-state index contributed by atoms with van der Waals surface area (Å²) in [5.41, 5.74) is 1.08. The summed E-state index contributed by atoms with van der Waals surface area (Å²) in [4.78, 5) is 23.1. The fraction of sp³-hybridized carbons (Fsp3) is 0.111. The van der Waals surface area contributed by atoms with Crippen molar-refractivity contribution < 1.29 is 18.0 Å². The number of carbonyl (C=O) groups is 2. The molecule has 5 nitrogen and oxygen atoms in total. The Balaban J connectivity index is 1.93. The molecule has 1 aliphatic heterocycles. The molecular formula is C18H11Cl2NO4S2. The van der Waals surface area contributed by atoms with Crippen molar-refractivity contribution in [3.8, 4) is 11.8 Å². The first-order chi connectivity index (χ1) is 12.8. The summed E-state index contributed by atoms with van der Waals surface area (Å²) < 4.78 is 24.2. The van der Waals surface area contributed by atoms with Crippen LogP contribution in [0.3, 0.4) is 0 Å². The standard InChI is InChI=1S/C18H11Cl2NO4S2/c19-13-6-4-11(5-7-13)2-1-3-12-10-14(20)8-9-15(12)27(24,25)17-16(22)21-18(23)26-17/h4-10,17H,3H2,(H,21,22,23). The van der Waals surface area contributed by atoms with Crippen molar-refractivity contribution in [3.63, 3.8) is 0 Å². The minimum Gasteiger partial charge on any atom is -0.285 e. The lowest BCUT2D eigenvalue weighted by atomic mass is 10.1. The monoisotopic (exact) mass is 439 g/mol. The van der Waals surface area contributed by atoms with Gasteiger partial charge in [-0.1, -0.05) is 35.0 Å². The smallest absolute Gasteiger partial charge is 0.285 e. The maximum absolute atomic E-state index is 12.9. The summed E-state index contributed by atoms with van der Waals surface area (Å²) in [5, 5.41) is 2.23. The number of hydrogen-bond donors (Lipinski definition) is 1. The molecule has 2 amide bonds. The van der Waals surface area contributed by atoms with Crippen molar-refractivity contribution in [1.82, 2.24) is 5.32 Å². The van der Waals surface area contributed by atoms with Gasteiger partial charge in [-0.3, -0.25) is 14.9 Å². The Morgan fingerprint density at radius 2 is 1.70 bits per heavy atom. The van der Waals surface area contributed by atoms with Crippen LogP contribution in [0, 0.1) is 11.8 Å². The van der Waals surface area contributed by atoms with Gasteiger partial charge < -0.3 is 0 Å². The number of imide groups is 1. The van der Waals surface area contributed by atoms with Crippen LogP contribution in [-0.2, 0) is 21.1 Å². The normalized spacial score (nSPS) is 16.6. The molecule has 138 valence electrons. The highest BCUT2D eigenvalue weighted by molar-refractivity contribution is 8.24. The predicted molar refractivity (Wildman–Crippen MR) is 106 cm³/mol. The molecule has 1 N–H and O–H groups in total. The third-order valence-corrected chi connectivity index (χ3v) is 7.69. The van der Waals surface area contributed by atoms with Gasteiger partial charge in [0.25, 0.3) is 11.1 Å². The van der Waals surface area contributed by atoms with Crippen LogP contribution in [0.25, 0.3) is 0 Å². The van der Waals surface area contributed by atoms with Gasteiger partial charge in [0.15, 0.2) is 4.58 Å². The molecule has 27 heavy (non-hydrogen) atoms. The van der Waals surface area contributed by atoms with Gasteiger partial charge in [-0.25, -0.2) is 8.42 Å². The first kappa shape index (κ1) is 19.8. The van der Waals surface area contributed by atoms with Crippen molar-refractivity contribution >= 4 is 55.9 Å². The molecule has 3 rings (SSSR count). The Morgan fingerprint density at radius 1 is 1.04 bits per heavy atom. The lowest BCUT2D eigenvalue weighted by Crippen LogP contribution is -2.30. The Morgan fingerprint density at radius 3 is 2.33 bits per heavy atom. The molecule has 2 aromatic carbocycles. The zero-order chi connectivity index (χ0) is 19.6. The van der Waals surface area contributed by atoms with Gasteiger partial charge in [0.2, 0.25) is 9.84 Å². The van der Waals surface area contributed by atoms with Crippen molar-refractivity contribution in [2.24, 2.45) is 0 Å². The second kappa shape index (κ2) is 7.95. The summed E-state index contributed by atoms with van der Waals surface area (Å²) in [6.45, 7) is 0. The van der Waals surface area contributed by atoms with Gasteiger partial charge in [-0.15, -0.1) is 0 Å². The molecule has 0 bridgehead atoms. The molecule has 1 atom stereocenters. The second-order valence-electron chi connectivity index (χ2n) is 5.51. The van der Waals surface area contributed by atoms with Crippen LogP contribution in [0.2, 0.25) is 10.0 Å². The van der Waals surface area contributed by atoms with E-state index in [1.165, 1.54) is 18.2 Å². The number of amides is 2. The van der Waals surface area contributed by atoms with Crippen LogP contribution >= 0.6 is 35.0 Å². The molecule has 0 saturated carbocycles. The minimum absolute atomic E-state index is 0.0698. The highest BCUT2D eigenvalue weighted by atomic mass is 35.5. The molecule has 1 fully saturated rings. The minimum atomic E-state index is -4.08. The van der Waals surface area contributed by atoms with Gasteiger partial charge in [0.05, 0.1) is 4.90 Å². The molecule has 0 aromatic heterocycles. The first-order valence-corrected chi connectivity index (χ1v) is 10.7. The fourth-order valence-corrected chi connectivity index (χ4v) is 5.64. The van der Waals surface area contributed by atoms with Gasteiger partial charge in [-0.05, 0) is 59.8 Å². The van der Waals surface area contributed by atoms with E-state index in [9.17, 15) is 18.0 Å². The number of benzene rings is 2. The third-order valence-electron chi connectivity index (χ3n) is 3.62. The van der Waals surface area contributed by atoms with Crippen molar-refractivity contribution in [2.75, 3.05) is 0 Å². The molecular weight excluding hydrogens is 429 g/mol. The number of halogens is 2. The van der Waals surface area contributed by atoms with E-state index in [0.717, 1.165) is 5.56 Å². The van der Waals surface area contributed by atoms with Crippen LogP contribution in [0.1, 0.15) is 11.1 Å². The molecule has 1 aliphatic rings. The lowest BCUT2D eigenvalue weighted by Gasteiger charge is -2.12. The quantitative estimate of drug-likeness (QED) is 0.737. The second-order valence-corrected chi connectivity index (χ2v) is 9.76. The molecule has 2 aromatic rings. The Hall–Kier alpha value is -1.98. The van der Waals surface area contributed by atoms with E-state index >= 15 is 0 Å². The molecule has 1 saturated heterocycles. The van der Waals surface area contributed by atoms with E-state index in [1.54, 1.807) is 24.3 Å². The molecule has 0 aliphatic carbocycles. The van der Waals surface area contributed by atoms with Crippen molar-refractivity contribution in [3.05, 3.63) is 63.6 Å². The largest absolute Gasteiger partial charge is 0.287 e. The Kier molecular flexibility index (Phi) is 5.82. The molecule has 0 radical (unpaired) electrons. The van der Waals surface area contributed by atoms with E-state index in [4.69, 9.17) is 23.2 Å². The highest BCUT2D eigenvalue weighted by Gasteiger charge is 2.43. The maximum atomic E-state index is 12.9. The Labute approximate surface area is 170 Å². The van der Waals surface area contributed by atoms with E-state index in [1.807, 2.05) is 5.32 Å². The zero-order valence-electron chi connectivity index (χ0n) is 13.5. The zero-order valence-corrected chi connectivity index (χ0v) is 16.7.